The van der Waals surface area contributed by atoms with E-state index in [1.165, 1.54) is 42.6 Å². The summed E-state index contributed by atoms with van der Waals surface area (Å²) in [5.74, 6) is 3.91. The Morgan fingerprint density at radius 1 is 0.745 bits per heavy atom. The van der Waals surface area contributed by atoms with Crippen molar-refractivity contribution >= 4 is 48.7 Å². The number of rotatable bonds is 3. The second kappa shape index (κ2) is 9.77. The van der Waals surface area contributed by atoms with Gasteiger partial charge in [0.2, 0.25) is 0 Å². The molecule has 7 aromatic rings. The van der Waals surface area contributed by atoms with Crippen LogP contribution in [0, 0.1) is 0 Å². The van der Waals surface area contributed by atoms with Crippen molar-refractivity contribution in [1.82, 2.24) is 14.5 Å². The molecule has 0 radical (unpaired) electrons. The number of allylic oxidation sites excluding steroid dienone is 3. The van der Waals surface area contributed by atoms with Crippen LogP contribution in [0.2, 0.25) is 0 Å². The third-order valence-electron chi connectivity index (χ3n) is 10.1. The fraction of sp³-hybridized carbons (Fsp3) is 0.122. The SMILES string of the molecule is CC1(C)c2cc3c(cc2N(c2cccc(OC4=CC5c6nccn6-c6ccccc6C5C=C4)c2)c2ncccc21)sc1ccccc13. The molecule has 0 spiro atoms. The minimum atomic E-state index is -0.223. The minimum Gasteiger partial charge on any atom is -0.458 e. The second-order valence-corrected chi connectivity index (χ2v) is 14.2. The molecule has 2 aliphatic heterocycles. The number of hydrogen-bond acceptors (Lipinski definition) is 5. The molecule has 2 atom stereocenters. The Balaban J connectivity index is 1.07. The van der Waals surface area contributed by atoms with Crippen molar-refractivity contribution in [2.75, 3.05) is 4.90 Å². The number of aromatic nitrogens is 3. The highest BCUT2D eigenvalue weighted by molar-refractivity contribution is 7.25. The first-order valence-corrected chi connectivity index (χ1v) is 16.9. The molecule has 6 heteroatoms. The largest absolute Gasteiger partial charge is 0.458 e. The number of fused-ring (bicyclic) bond motifs is 11. The van der Waals surface area contributed by atoms with Gasteiger partial charge >= 0.3 is 0 Å². The van der Waals surface area contributed by atoms with E-state index in [2.05, 4.69) is 133 Å². The van der Waals surface area contributed by atoms with Crippen molar-refractivity contribution in [1.29, 1.82) is 0 Å². The standard InChI is InChI=1S/C41H30N4OS/c1-41(2)33-13-8-18-42-40(33)45(36-24-38-31(23-34(36)41)30-12-4-6-15-37(30)47-38)25-9-7-10-26(21-25)46-27-16-17-28-29-11-3-5-14-35(29)44-20-19-43-39(44)32(28)22-27/h3-24,28,32H,1-2H3. The summed E-state index contributed by atoms with van der Waals surface area (Å²) in [5.41, 5.74) is 6.95. The maximum atomic E-state index is 6.63. The van der Waals surface area contributed by atoms with Crippen LogP contribution in [0.5, 0.6) is 5.75 Å². The molecule has 47 heavy (non-hydrogen) atoms. The van der Waals surface area contributed by atoms with Crippen LogP contribution in [0.1, 0.15) is 48.2 Å². The first-order valence-electron chi connectivity index (χ1n) is 16.1. The number of nitrogens with zero attached hydrogens (tertiary/aromatic N) is 4. The Morgan fingerprint density at radius 3 is 2.60 bits per heavy atom. The Kier molecular flexibility index (Phi) is 5.56. The molecular formula is C41H30N4OS. The van der Waals surface area contributed by atoms with Crippen molar-refractivity contribution in [3.8, 4) is 11.4 Å². The number of imidazole rings is 1. The highest BCUT2D eigenvalue weighted by Crippen LogP contribution is 2.53. The molecule has 3 aromatic heterocycles. The monoisotopic (exact) mass is 626 g/mol. The molecular weight excluding hydrogens is 597 g/mol. The molecule has 0 saturated heterocycles. The van der Waals surface area contributed by atoms with Gasteiger partial charge in [-0.05, 0) is 65.7 Å². The molecule has 0 saturated carbocycles. The van der Waals surface area contributed by atoms with Gasteiger partial charge in [0.05, 0.1) is 17.1 Å². The molecule has 0 amide bonds. The van der Waals surface area contributed by atoms with E-state index in [1.807, 2.05) is 35.9 Å². The Morgan fingerprint density at radius 2 is 1.64 bits per heavy atom. The predicted molar refractivity (Wildman–Crippen MR) is 191 cm³/mol. The zero-order chi connectivity index (χ0) is 31.3. The molecule has 226 valence electrons. The first kappa shape index (κ1) is 26.7. The van der Waals surface area contributed by atoms with Crippen LogP contribution in [0.25, 0.3) is 25.9 Å². The van der Waals surface area contributed by atoms with Crippen molar-refractivity contribution in [2.24, 2.45) is 0 Å². The number of para-hydroxylation sites is 1. The molecule has 10 rings (SSSR count). The normalized spacial score (nSPS) is 18.6. The molecule has 0 fully saturated rings. The van der Waals surface area contributed by atoms with E-state index in [-0.39, 0.29) is 17.3 Å². The fourth-order valence-electron chi connectivity index (χ4n) is 7.86. The van der Waals surface area contributed by atoms with E-state index in [4.69, 9.17) is 14.7 Å². The third-order valence-corrected chi connectivity index (χ3v) is 11.2. The average molecular weight is 627 g/mol. The summed E-state index contributed by atoms with van der Waals surface area (Å²) in [5, 5.41) is 2.62. The van der Waals surface area contributed by atoms with Crippen LogP contribution in [-0.4, -0.2) is 14.5 Å². The molecule has 3 aliphatic rings. The number of ether oxygens (including phenoxy) is 1. The molecule has 2 unspecified atom stereocenters. The van der Waals surface area contributed by atoms with Gasteiger partial charge in [-0.3, -0.25) is 4.90 Å². The summed E-state index contributed by atoms with van der Waals surface area (Å²) in [6, 6.07) is 34.7. The number of benzene rings is 4. The summed E-state index contributed by atoms with van der Waals surface area (Å²) in [7, 11) is 0. The van der Waals surface area contributed by atoms with Crippen molar-refractivity contribution < 1.29 is 4.74 Å². The van der Waals surface area contributed by atoms with Gasteiger partial charge in [-0.25, -0.2) is 9.97 Å². The maximum Gasteiger partial charge on any atom is 0.141 e. The van der Waals surface area contributed by atoms with Gasteiger partial charge in [0.1, 0.15) is 23.2 Å². The Labute approximate surface area is 276 Å². The van der Waals surface area contributed by atoms with Gasteiger partial charge in [-0.15, -0.1) is 11.3 Å². The molecule has 0 bridgehead atoms. The van der Waals surface area contributed by atoms with Crippen LogP contribution < -0.4 is 9.64 Å². The lowest BCUT2D eigenvalue weighted by molar-refractivity contribution is 0.431. The molecule has 1 aliphatic carbocycles. The van der Waals surface area contributed by atoms with Gasteiger partial charge in [-0.2, -0.15) is 0 Å². The molecule has 0 N–H and O–H groups in total. The van der Waals surface area contributed by atoms with Crippen molar-refractivity contribution in [3.05, 3.63) is 162 Å². The zero-order valence-corrected chi connectivity index (χ0v) is 26.8. The van der Waals surface area contributed by atoms with Gasteiger partial charge in [0.25, 0.3) is 0 Å². The second-order valence-electron chi connectivity index (χ2n) is 13.1. The van der Waals surface area contributed by atoms with E-state index in [0.717, 1.165) is 34.5 Å². The number of thiophene rings is 1. The van der Waals surface area contributed by atoms with Crippen molar-refractivity contribution in [3.63, 3.8) is 0 Å². The van der Waals surface area contributed by atoms with Crippen molar-refractivity contribution in [2.45, 2.75) is 31.1 Å². The quantitative estimate of drug-likeness (QED) is 0.196. The van der Waals surface area contributed by atoms with E-state index in [0.29, 0.717) is 0 Å². The van der Waals surface area contributed by atoms with Gasteiger partial charge in [0.15, 0.2) is 0 Å². The smallest absolute Gasteiger partial charge is 0.141 e. The highest BCUT2D eigenvalue weighted by atomic mass is 32.1. The summed E-state index contributed by atoms with van der Waals surface area (Å²) < 4.78 is 11.4. The van der Waals surface area contributed by atoms with Crippen LogP contribution in [0.3, 0.4) is 0 Å². The number of pyridine rings is 1. The molecule has 5 nitrogen and oxygen atoms in total. The Bertz CT molecular complexity index is 2470. The summed E-state index contributed by atoms with van der Waals surface area (Å²) in [6.45, 7) is 4.63. The first-order chi connectivity index (χ1) is 23.0. The fourth-order valence-corrected chi connectivity index (χ4v) is 8.98. The van der Waals surface area contributed by atoms with Crippen LogP contribution >= 0.6 is 11.3 Å². The lowest BCUT2D eigenvalue weighted by Crippen LogP contribution is -2.31. The average Bonchev–Trinajstić information content (AvgIpc) is 3.74. The van der Waals surface area contributed by atoms with Crippen LogP contribution in [-0.2, 0) is 5.41 Å². The van der Waals surface area contributed by atoms with E-state index in [9.17, 15) is 0 Å². The number of anilines is 3. The molecule has 5 heterocycles. The van der Waals surface area contributed by atoms with Crippen LogP contribution in [0.15, 0.2) is 140 Å². The van der Waals surface area contributed by atoms with Gasteiger partial charge < -0.3 is 9.30 Å². The van der Waals surface area contributed by atoms with E-state index in [1.54, 1.807) is 0 Å². The van der Waals surface area contributed by atoms with E-state index >= 15 is 0 Å². The number of hydrogen-bond donors (Lipinski definition) is 0. The highest BCUT2D eigenvalue weighted by Gasteiger charge is 2.39. The topological polar surface area (TPSA) is 43.2 Å². The van der Waals surface area contributed by atoms with E-state index < -0.39 is 0 Å². The van der Waals surface area contributed by atoms with Crippen LogP contribution in [0.4, 0.5) is 17.2 Å². The lowest BCUT2D eigenvalue weighted by Gasteiger charge is -2.41. The summed E-state index contributed by atoms with van der Waals surface area (Å²) in [6.07, 6.45) is 12.4. The Hall–Kier alpha value is -5.46. The van der Waals surface area contributed by atoms with Gasteiger partial charge in [-0.1, -0.05) is 68.5 Å². The predicted octanol–water partition coefficient (Wildman–Crippen LogP) is 10.5. The third kappa shape index (κ3) is 3.88. The maximum absolute atomic E-state index is 6.63. The lowest BCUT2D eigenvalue weighted by atomic mass is 9.74. The summed E-state index contributed by atoms with van der Waals surface area (Å²) >= 11 is 1.85. The molecule has 4 aromatic carbocycles. The minimum absolute atomic E-state index is 0.0964. The van der Waals surface area contributed by atoms with Gasteiger partial charge in [0, 0.05) is 67.6 Å². The summed E-state index contributed by atoms with van der Waals surface area (Å²) in [4.78, 5) is 12.0. The zero-order valence-electron chi connectivity index (χ0n) is 26.0.